The molecule has 0 radical (unpaired) electrons. The Balaban J connectivity index is 2.26. The van der Waals surface area contributed by atoms with E-state index >= 15 is 0 Å². The Morgan fingerprint density at radius 1 is 1.08 bits per heavy atom. The van der Waals surface area contributed by atoms with Crippen LogP contribution in [0.5, 0.6) is 0 Å². The number of carbonyl (C=O) groups excluding carboxylic acids is 2. The second-order valence-corrected chi connectivity index (χ2v) is 6.68. The maximum atomic E-state index is 12.5. The summed E-state index contributed by atoms with van der Waals surface area (Å²) >= 11 is 1.44. The summed E-state index contributed by atoms with van der Waals surface area (Å²) in [6.45, 7) is 4.69. The van der Waals surface area contributed by atoms with Crippen molar-refractivity contribution < 1.29 is 9.59 Å². The minimum Gasteiger partial charge on any atom is -0.352 e. The molecule has 0 atom stereocenters. The average Bonchev–Trinajstić information content (AvgIpc) is 3.00. The molecule has 1 aromatic heterocycles. The number of rotatable bonds is 8. The topological polar surface area (TPSA) is 58.2 Å². The summed E-state index contributed by atoms with van der Waals surface area (Å²) in [6, 6.07) is 11.8. The molecule has 0 saturated carbocycles. The molecule has 24 heavy (non-hydrogen) atoms. The standard InChI is InChI=1S/C19H24N2O2S/c1-3-5-12-20-18(23)15-13-16(14-10-7-6-8-11-14)24-19(15)21-17(22)9-4-2/h6-8,10-11,13H,3-5,9,12H2,1-2H3,(H,20,23)(H,21,22). The molecule has 0 aliphatic rings. The van der Waals surface area contributed by atoms with E-state index in [-0.39, 0.29) is 11.8 Å². The number of amides is 2. The second-order valence-electron chi connectivity index (χ2n) is 5.63. The van der Waals surface area contributed by atoms with Gasteiger partial charge in [-0.15, -0.1) is 11.3 Å². The summed E-state index contributed by atoms with van der Waals surface area (Å²) < 4.78 is 0. The molecule has 0 spiro atoms. The molecular formula is C19H24N2O2S. The van der Waals surface area contributed by atoms with Crippen LogP contribution in [0.2, 0.25) is 0 Å². The van der Waals surface area contributed by atoms with E-state index in [1.165, 1.54) is 11.3 Å². The van der Waals surface area contributed by atoms with Gasteiger partial charge in [0.05, 0.1) is 5.56 Å². The van der Waals surface area contributed by atoms with E-state index in [1.807, 2.05) is 43.3 Å². The smallest absolute Gasteiger partial charge is 0.254 e. The molecule has 5 heteroatoms. The monoisotopic (exact) mass is 344 g/mol. The van der Waals surface area contributed by atoms with Crippen molar-refractivity contribution in [2.75, 3.05) is 11.9 Å². The lowest BCUT2D eigenvalue weighted by Gasteiger charge is -2.06. The Morgan fingerprint density at radius 2 is 1.83 bits per heavy atom. The molecule has 2 N–H and O–H groups in total. The van der Waals surface area contributed by atoms with Crippen LogP contribution < -0.4 is 10.6 Å². The first kappa shape index (κ1) is 18.2. The summed E-state index contributed by atoms with van der Waals surface area (Å²) in [7, 11) is 0. The molecular weight excluding hydrogens is 320 g/mol. The number of nitrogens with one attached hydrogen (secondary N) is 2. The van der Waals surface area contributed by atoms with Gasteiger partial charge in [0.15, 0.2) is 0 Å². The number of benzene rings is 1. The van der Waals surface area contributed by atoms with E-state index < -0.39 is 0 Å². The summed E-state index contributed by atoms with van der Waals surface area (Å²) in [5.41, 5.74) is 1.58. The largest absolute Gasteiger partial charge is 0.352 e. The van der Waals surface area contributed by atoms with Crippen molar-refractivity contribution in [2.24, 2.45) is 0 Å². The van der Waals surface area contributed by atoms with Crippen LogP contribution in [-0.2, 0) is 4.79 Å². The zero-order valence-corrected chi connectivity index (χ0v) is 15.0. The highest BCUT2D eigenvalue weighted by molar-refractivity contribution is 7.20. The normalized spacial score (nSPS) is 10.4. The van der Waals surface area contributed by atoms with E-state index in [1.54, 1.807) is 0 Å². The highest BCUT2D eigenvalue weighted by atomic mass is 32.1. The van der Waals surface area contributed by atoms with Gasteiger partial charge in [-0.25, -0.2) is 0 Å². The van der Waals surface area contributed by atoms with Crippen molar-refractivity contribution in [1.82, 2.24) is 5.32 Å². The van der Waals surface area contributed by atoms with Crippen LogP contribution in [-0.4, -0.2) is 18.4 Å². The van der Waals surface area contributed by atoms with Crippen LogP contribution in [0.25, 0.3) is 10.4 Å². The van der Waals surface area contributed by atoms with Gasteiger partial charge in [0.2, 0.25) is 5.91 Å². The van der Waals surface area contributed by atoms with Crippen LogP contribution in [0.4, 0.5) is 5.00 Å². The van der Waals surface area contributed by atoms with Gasteiger partial charge >= 0.3 is 0 Å². The third-order valence-corrected chi connectivity index (χ3v) is 4.68. The molecule has 1 heterocycles. The maximum absolute atomic E-state index is 12.5. The molecule has 0 bridgehead atoms. The Hall–Kier alpha value is -2.14. The van der Waals surface area contributed by atoms with E-state index in [9.17, 15) is 9.59 Å². The number of carbonyl (C=O) groups is 2. The van der Waals surface area contributed by atoms with Crippen LogP contribution in [0.3, 0.4) is 0 Å². The number of hydrogen-bond donors (Lipinski definition) is 2. The second kappa shape index (κ2) is 9.23. The van der Waals surface area contributed by atoms with Gasteiger partial charge in [0.25, 0.3) is 5.91 Å². The molecule has 1 aromatic carbocycles. The van der Waals surface area contributed by atoms with Crippen LogP contribution in [0, 0.1) is 0 Å². The van der Waals surface area contributed by atoms with Gasteiger partial charge < -0.3 is 10.6 Å². The van der Waals surface area contributed by atoms with Crippen LogP contribution >= 0.6 is 11.3 Å². The number of thiophene rings is 1. The highest BCUT2D eigenvalue weighted by Gasteiger charge is 2.18. The lowest BCUT2D eigenvalue weighted by molar-refractivity contribution is -0.116. The van der Waals surface area contributed by atoms with E-state index in [0.29, 0.717) is 23.5 Å². The fourth-order valence-electron chi connectivity index (χ4n) is 2.29. The molecule has 2 amide bonds. The third-order valence-electron chi connectivity index (χ3n) is 3.58. The van der Waals surface area contributed by atoms with Gasteiger partial charge in [-0.05, 0) is 24.5 Å². The van der Waals surface area contributed by atoms with Crippen LogP contribution in [0.15, 0.2) is 36.4 Å². The van der Waals surface area contributed by atoms with Gasteiger partial charge in [-0.2, -0.15) is 0 Å². The SMILES string of the molecule is CCCCNC(=O)c1cc(-c2ccccc2)sc1NC(=O)CCC. The molecule has 0 aliphatic carbocycles. The quantitative estimate of drug-likeness (QED) is 0.683. The number of anilines is 1. The Labute approximate surface area is 147 Å². The minimum atomic E-state index is -0.131. The molecule has 0 aliphatic heterocycles. The Morgan fingerprint density at radius 3 is 2.50 bits per heavy atom. The van der Waals surface area contributed by atoms with E-state index in [2.05, 4.69) is 17.6 Å². The lowest BCUT2D eigenvalue weighted by Crippen LogP contribution is -2.25. The van der Waals surface area contributed by atoms with Crippen molar-refractivity contribution in [3.05, 3.63) is 42.0 Å². The summed E-state index contributed by atoms with van der Waals surface area (Å²) in [5.74, 6) is -0.185. The first-order valence-corrected chi connectivity index (χ1v) is 9.24. The highest BCUT2D eigenvalue weighted by Crippen LogP contribution is 2.35. The van der Waals surface area contributed by atoms with Crippen molar-refractivity contribution in [3.8, 4) is 10.4 Å². The maximum Gasteiger partial charge on any atom is 0.254 e. The zero-order chi connectivity index (χ0) is 17.4. The van der Waals surface area contributed by atoms with Crippen molar-refractivity contribution >= 4 is 28.2 Å². The van der Waals surface area contributed by atoms with Gasteiger partial charge in [0, 0.05) is 17.8 Å². The van der Waals surface area contributed by atoms with Crippen molar-refractivity contribution in [2.45, 2.75) is 39.5 Å². The van der Waals surface area contributed by atoms with Gasteiger partial charge in [0.1, 0.15) is 5.00 Å². The lowest BCUT2D eigenvalue weighted by atomic mass is 10.1. The molecule has 0 saturated heterocycles. The summed E-state index contributed by atoms with van der Waals surface area (Å²) in [6.07, 6.45) is 3.20. The van der Waals surface area contributed by atoms with Gasteiger partial charge in [-0.3, -0.25) is 9.59 Å². The fraction of sp³-hybridized carbons (Fsp3) is 0.368. The van der Waals surface area contributed by atoms with Crippen molar-refractivity contribution in [3.63, 3.8) is 0 Å². The summed E-state index contributed by atoms with van der Waals surface area (Å²) in [5, 5.41) is 6.44. The Kier molecular flexibility index (Phi) is 7.00. The predicted octanol–water partition coefficient (Wildman–Crippen LogP) is 4.68. The zero-order valence-electron chi connectivity index (χ0n) is 14.2. The third kappa shape index (κ3) is 4.93. The first-order chi connectivity index (χ1) is 11.7. The fourth-order valence-corrected chi connectivity index (χ4v) is 3.36. The molecule has 2 rings (SSSR count). The molecule has 0 fully saturated rings. The van der Waals surface area contributed by atoms with E-state index in [4.69, 9.17) is 0 Å². The number of unbranched alkanes of at least 4 members (excludes halogenated alkanes) is 1. The molecule has 128 valence electrons. The molecule has 0 unspecified atom stereocenters. The predicted molar refractivity (Wildman–Crippen MR) is 101 cm³/mol. The van der Waals surface area contributed by atoms with Crippen LogP contribution in [0.1, 0.15) is 49.9 Å². The Bertz CT molecular complexity index is 680. The van der Waals surface area contributed by atoms with Gasteiger partial charge in [-0.1, -0.05) is 50.6 Å². The molecule has 4 nitrogen and oxygen atoms in total. The average molecular weight is 344 g/mol. The molecule has 2 aromatic rings. The van der Waals surface area contributed by atoms with Crippen molar-refractivity contribution in [1.29, 1.82) is 0 Å². The number of hydrogen-bond acceptors (Lipinski definition) is 3. The summed E-state index contributed by atoms with van der Waals surface area (Å²) in [4.78, 5) is 25.4. The van der Waals surface area contributed by atoms with E-state index in [0.717, 1.165) is 29.7 Å². The minimum absolute atomic E-state index is 0.0541. The first-order valence-electron chi connectivity index (χ1n) is 8.43.